The summed E-state index contributed by atoms with van der Waals surface area (Å²) in [6.07, 6.45) is 1.89. The fraction of sp³-hybridized carbons (Fsp3) is 0.222. The van der Waals surface area contributed by atoms with Crippen LogP contribution in [0.5, 0.6) is 0 Å². The molecule has 2 aromatic heterocycles. The molecule has 10 heteroatoms. The molecule has 0 aromatic carbocycles. The Morgan fingerprint density at radius 3 is 2.58 bits per heavy atom. The quantitative estimate of drug-likeness (QED) is 0.358. The van der Waals surface area contributed by atoms with E-state index in [2.05, 4.69) is 10.2 Å². The number of ketones is 1. The van der Waals surface area contributed by atoms with Gasteiger partial charge < -0.3 is 0 Å². The topological polar surface area (TPSA) is 86.0 Å². The van der Waals surface area contributed by atoms with E-state index in [-0.39, 0.29) is 11.5 Å². The van der Waals surface area contributed by atoms with Crippen LogP contribution in [0.25, 0.3) is 0 Å². The summed E-state index contributed by atoms with van der Waals surface area (Å²) in [5.41, 5.74) is -0.0545. The predicted molar refractivity (Wildman–Crippen MR) is 76.8 cm³/mol. The van der Waals surface area contributed by atoms with Crippen molar-refractivity contribution in [1.29, 1.82) is 0 Å². The van der Waals surface area contributed by atoms with E-state index in [4.69, 9.17) is 0 Å². The lowest BCUT2D eigenvalue weighted by Crippen LogP contribution is -1.87. The Kier molecular flexibility index (Phi) is 4.55. The van der Waals surface area contributed by atoms with Gasteiger partial charge in [0.15, 0.2) is 14.5 Å². The molecular formula is C9H7N3O3S4. The first kappa shape index (κ1) is 14.4. The van der Waals surface area contributed by atoms with Crippen LogP contribution in [0.2, 0.25) is 0 Å². The lowest BCUT2D eigenvalue weighted by atomic mass is 10.3. The molecule has 0 aliphatic heterocycles. The van der Waals surface area contributed by atoms with Crippen LogP contribution in [0.4, 0.5) is 5.69 Å². The number of thiophene rings is 1. The van der Waals surface area contributed by atoms with Crippen molar-refractivity contribution in [2.24, 2.45) is 0 Å². The number of carbonyl (C=O) groups is 1. The summed E-state index contributed by atoms with van der Waals surface area (Å²) in [5, 5.41) is 18.8. The van der Waals surface area contributed by atoms with Crippen molar-refractivity contribution < 1.29 is 9.72 Å². The number of carbonyl (C=O) groups excluding carboxylic acids is 1. The van der Waals surface area contributed by atoms with E-state index >= 15 is 0 Å². The number of nitro groups is 1. The SMILES string of the molecule is CSc1nnc(Sc2sc(C(C)=O)cc2[N+](=O)[O-])s1. The van der Waals surface area contributed by atoms with Gasteiger partial charge in [-0.15, -0.1) is 21.5 Å². The van der Waals surface area contributed by atoms with Gasteiger partial charge in [0, 0.05) is 6.07 Å². The monoisotopic (exact) mass is 333 g/mol. The molecule has 100 valence electrons. The Morgan fingerprint density at radius 2 is 2.05 bits per heavy atom. The lowest BCUT2D eigenvalue weighted by Gasteiger charge is -1.91. The number of thioether (sulfide) groups is 1. The van der Waals surface area contributed by atoms with Gasteiger partial charge in [0.2, 0.25) is 0 Å². The van der Waals surface area contributed by atoms with E-state index in [1.54, 1.807) is 0 Å². The summed E-state index contributed by atoms with van der Waals surface area (Å²) in [6, 6.07) is 1.31. The van der Waals surface area contributed by atoms with Crippen LogP contribution < -0.4 is 0 Å². The number of rotatable bonds is 5. The molecule has 0 bridgehead atoms. The standard InChI is InChI=1S/C9H7N3O3S4/c1-4(13)6-3-5(12(14)15)7(17-6)18-9-11-10-8(16-2)19-9/h3H,1-2H3. The first-order chi connectivity index (χ1) is 9.01. The largest absolute Gasteiger partial charge is 0.294 e. The van der Waals surface area contributed by atoms with Crippen LogP contribution in [0.1, 0.15) is 16.6 Å². The van der Waals surface area contributed by atoms with E-state index in [0.717, 1.165) is 15.7 Å². The first-order valence-electron chi connectivity index (χ1n) is 4.85. The molecule has 0 spiro atoms. The number of Topliss-reactive ketones (excluding diaryl/α,β-unsaturated/α-hetero) is 1. The molecule has 0 N–H and O–H groups in total. The molecule has 2 aromatic rings. The molecule has 0 saturated carbocycles. The van der Waals surface area contributed by atoms with Crippen LogP contribution in [-0.4, -0.2) is 27.2 Å². The van der Waals surface area contributed by atoms with E-state index < -0.39 is 4.92 Å². The molecule has 19 heavy (non-hydrogen) atoms. The van der Waals surface area contributed by atoms with Gasteiger partial charge in [-0.05, 0) is 24.9 Å². The number of aromatic nitrogens is 2. The Morgan fingerprint density at radius 1 is 1.37 bits per heavy atom. The van der Waals surface area contributed by atoms with Gasteiger partial charge in [-0.1, -0.05) is 23.1 Å². The van der Waals surface area contributed by atoms with E-state index in [1.165, 1.54) is 47.9 Å². The third-order valence-corrected chi connectivity index (χ3v) is 6.33. The van der Waals surface area contributed by atoms with Crippen molar-refractivity contribution in [3.05, 3.63) is 21.1 Å². The highest BCUT2D eigenvalue weighted by atomic mass is 32.2. The van der Waals surface area contributed by atoms with Crippen molar-refractivity contribution in [2.75, 3.05) is 6.26 Å². The van der Waals surface area contributed by atoms with Crippen molar-refractivity contribution in [1.82, 2.24) is 10.2 Å². The molecule has 2 rings (SSSR count). The smallest absolute Gasteiger partial charge is 0.294 e. The summed E-state index contributed by atoms with van der Waals surface area (Å²) < 4.78 is 1.89. The highest BCUT2D eigenvalue weighted by molar-refractivity contribution is 8.04. The molecule has 0 aliphatic rings. The maximum Gasteiger partial charge on any atom is 0.294 e. The summed E-state index contributed by atoms with van der Waals surface area (Å²) in [5.74, 6) is -0.179. The van der Waals surface area contributed by atoms with Gasteiger partial charge in [-0.2, -0.15) is 0 Å². The van der Waals surface area contributed by atoms with Gasteiger partial charge in [0.05, 0.1) is 9.80 Å². The third-order valence-electron chi connectivity index (χ3n) is 1.97. The van der Waals surface area contributed by atoms with Gasteiger partial charge in [-0.3, -0.25) is 14.9 Å². The van der Waals surface area contributed by atoms with Gasteiger partial charge in [0.1, 0.15) is 4.21 Å². The molecule has 0 aliphatic carbocycles. The molecule has 0 fully saturated rings. The summed E-state index contributed by atoms with van der Waals surface area (Å²) in [6.45, 7) is 1.39. The second kappa shape index (κ2) is 5.99. The van der Waals surface area contributed by atoms with Gasteiger partial charge in [-0.25, -0.2) is 0 Å². The van der Waals surface area contributed by atoms with Gasteiger partial charge >= 0.3 is 0 Å². The Balaban J connectivity index is 2.32. The van der Waals surface area contributed by atoms with Crippen LogP contribution >= 0.6 is 46.2 Å². The second-order valence-electron chi connectivity index (χ2n) is 3.24. The zero-order chi connectivity index (χ0) is 14.0. The average molecular weight is 333 g/mol. The number of hydrogen-bond donors (Lipinski definition) is 0. The zero-order valence-corrected chi connectivity index (χ0v) is 13.0. The summed E-state index contributed by atoms with van der Waals surface area (Å²) in [4.78, 5) is 22.1. The first-order valence-corrected chi connectivity index (χ1v) is 8.53. The maximum atomic E-state index is 11.3. The fourth-order valence-corrected chi connectivity index (χ4v) is 5.02. The molecule has 0 saturated heterocycles. The van der Waals surface area contributed by atoms with Crippen LogP contribution in [-0.2, 0) is 0 Å². The van der Waals surface area contributed by atoms with Crippen LogP contribution in [0.15, 0.2) is 19.0 Å². The molecule has 0 atom stereocenters. The van der Waals surface area contributed by atoms with E-state index in [1.807, 2.05) is 6.26 Å². The summed E-state index contributed by atoms with van der Waals surface area (Å²) in [7, 11) is 0. The van der Waals surface area contributed by atoms with Crippen LogP contribution in [0.3, 0.4) is 0 Å². The minimum atomic E-state index is -0.484. The second-order valence-corrected chi connectivity index (χ2v) is 7.84. The minimum absolute atomic E-state index is 0.0545. The molecule has 0 amide bonds. The minimum Gasteiger partial charge on any atom is -0.294 e. The van der Waals surface area contributed by atoms with Crippen molar-refractivity contribution in [2.45, 2.75) is 19.8 Å². The fourth-order valence-electron chi connectivity index (χ4n) is 1.14. The van der Waals surface area contributed by atoms with E-state index in [0.29, 0.717) is 13.4 Å². The zero-order valence-electron chi connectivity index (χ0n) is 9.78. The van der Waals surface area contributed by atoms with E-state index in [9.17, 15) is 14.9 Å². The summed E-state index contributed by atoms with van der Waals surface area (Å²) >= 11 is 5.12. The van der Waals surface area contributed by atoms with Gasteiger partial charge in [0.25, 0.3) is 5.69 Å². The van der Waals surface area contributed by atoms with Crippen LogP contribution in [0, 0.1) is 10.1 Å². The average Bonchev–Trinajstić information content (AvgIpc) is 2.96. The Labute approximate surface area is 124 Å². The van der Waals surface area contributed by atoms with Crippen molar-refractivity contribution in [3.63, 3.8) is 0 Å². The number of nitrogens with zero attached hydrogens (tertiary/aromatic N) is 3. The molecular weight excluding hydrogens is 326 g/mol. The normalized spacial score (nSPS) is 10.6. The highest BCUT2D eigenvalue weighted by Crippen LogP contribution is 2.42. The Bertz CT molecular complexity index is 636. The highest BCUT2D eigenvalue weighted by Gasteiger charge is 2.23. The third kappa shape index (κ3) is 3.32. The molecule has 0 radical (unpaired) electrons. The Hall–Kier alpha value is -0.970. The number of hydrogen-bond acceptors (Lipinski definition) is 9. The lowest BCUT2D eigenvalue weighted by molar-refractivity contribution is -0.387. The maximum absolute atomic E-state index is 11.3. The molecule has 2 heterocycles. The predicted octanol–water partition coefficient (Wildman–Crippen LogP) is 3.58. The van der Waals surface area contributed by atoms with Crippen molar-refractivity contribution >= 4 is 57.7 Å². The molecule has 6 nitrogen and oxygen atoms in total. The molecule has 0 unspecified atom stereocenters. The van der Waals surface area contributed by atoms with Crippen molar-refractivity contribution in [3.8, 4) is 0 Å².